The van der Waals surface area contributed by atoms with E-state index in [1.54, 1.807) is 0 Å². The molecule has 106 valence electrons. The number of allylic oxidation sites excluding steroid dienone is 1. The molecule has 2 atom stereocenters. The summed E-state index contributed by atoms with van der Waals surface area (Å²) in [7, 11) is 0. The predicted octanol–water partition coefficient (Wildman–Crippen LogP) is 3.89. The monoisotopic (exact) mass is 278 g/mol. The van der Waals surface area contributed by atoms with Gasteiger partial charge < -0.3 is 4.74 Å². The Labute approximate surface area is 124 Å². The molecule has 0 spiro atoms. The number of rotatable bonds is 2. The molecule has 1 aliphatic heterocycles. The Hall–Kier alpha value is -2.09. The highest BCUT2D eigenvalue weighted by molar-refractivity contribution is 5.85. The van der Waals surface area contributed by atoms with Gasteiger partial charge in [-0.1, -0.05) is 54.1 Å². The van der Waals surface area contributed by atoms with Gasteiger partial charge in [-0.2, -0.15) is 0 Å². The third-order valence-electron chi connectivity index (χ3n) is 4.91. The first-order valence-electron chi connectivity index (χ1n) is 7.51. The zero-order valence-electron chi connectivity index (χ0n) is 12.1. The quantitative estimate of drug-likeness (QED) is 0.615. The molecule has 1 fully saturated rings. The minimum Gasteiger partial charge on any atom is -0.465 e. The van der Waals surface area contributed by atoms with Crippen molar-refractivity contribution in [2.75, 3.05) is 6.61 Å². The average Bonchev–Trinajstić information content (AvgIpc) is 2.94. The highest BCUT2D eigenvalue weighted by Gasteiger charge is 2.53. The van der Waals surface area contributed by atoms with Crippen LogP contribution in [0.1, 0.15) is 18.9 Å². The molecule has 0 saturated carbocycles. The fraction of sp³-hybridized carbons (Fsp3) is 0.316. The highest BCUT2D eigenvalue weighted by Crippen LogP contribution is 2.49. The Morgan fingerprint density at radius 3 is 2.86 bits per heavy atom. The van der Waals surface area contributed by atoms with Crippen LogP contribution in [0.5, 0.6) is 0 Å². The van der Waals surface area contributed by atoms with Gasteiger partial charge in [-0.15, -0.1) is 0 Å². The predicted molar refractivity (Wildman–Crippen MR) is 82.9 cm³/mol. The van der Waals surface area contributed by atoms with Crippen LogP contribution >= 0.6 is 0 Å². The van der Waals surface area contributed by atoms with Crippen molar-refractivity contribution < 1.29 is 9.53 Å². The van der Waals surface area contributed by atoms with Crippen molar-refractivity contribution in [2.24, 2.45) is 11.3 Å². The van der Waals surface area contributed by atoms with Crippen LogP contribution in [0.15, 0.2) is 54.1 Å². The molecule has 0 amide bonds. The largest absolute Gasteiger partial charge is 0.465 e. The number of benzene rings is 2. The SMILES string of the molecule is CC1=CC2(Cc3ccc4ccccc4c3)C(=O)OCC2C1. The van der Waals surface area contributed by atoms with Gasteiger partial charge in [0.05, 0.1) is 12.0 Å². The van der Waals surface area contributed by atoms with E-state index in [4.69, 9.17) is 4.74 Å². The van der Waals surface area contributed by atoms with E-state index in [-0.39, 0.29) is 5.97 Å². The summed E-state index contributed by atoms with van der Waals surface area (Å²) in [6.45, 7) is 2.69. The van der Waals surface area contributed by atoms with Gasteiger partial charge in [-0.05, 0) is 36.1 Å². The van der Waals surface area contributed by atoms with E-state index in [9.17, 15) is 4.79 Å². The van der Waals surface area contributed by atoms with E-state index in [1.165, 1.54) is 21.9 Å². The second-order valence-corrected chi connectivity index (χ2v) is 6.39. The van der Waals surface area contributed by atoms with E-state index in [2.05, 4.69) is 49.4 Å². The summed E-state index contributed by atoms with van der Waals surface area (Å²) >= 11 is 0. The van der Waals surface area contributed by atoms with Crippen molar-refractivity contribution in [1.82, 2.24) is 0 Å². The number of fused-ring (bicyclic) bond motifs is 2. The first-order chi connectivity index (χ1) is 10.2. The fourth-order valence-corrected chi connectivity index (χ4v) is 3.89. The Morgan fingerprint density at radius 2 is 2.00 bits per heavy atom. The maximum Gasteiger partial charge on any atom is 0.316 e. The molecular weight excluding hydrogens is 260 g/mol. The molecule has 0 radical (unpaired) electrons. The number of esters is 1. The van der Waals surface area contributed by atoms with Crippen molar-refractivity contribution >= 4 is 16.7 Å². The summed E-state index contributed by atoms with van der Waals surface area (Å²) in [6, 6.07) is 14.8. The van der Waals surface area contributed by atoms with Crippen LogP contribution < -0.4 is 0 Å². The lowest BCUT2D eigenvalue weighted by Crippen LogP contribution is -2.30. The molecule has 0 N–H and O–H groups in total. The van der Waals surface area contributed by atoms with Crippen LogP contribution in [0.25, 0.3) is 10.8 Å². The molecular formula is C19H18O2. The van der Waals surface area contributed by atoms with E-state index in [0.717, 1.165) is 12.8 Å². The minimum atomic E-state index is -0.424. The number of cyclic esters (lactones) is 1. The van der Waals surface area contributed by atoms with Crippen LogP contribution in [-0.4, -0.2) is 12.6 Å². The summed E-state index contributed by atoms with van der Waals surface area (Å²) in [4.78, 5) is 12.3. The van der Waals surface area contributed by atoms with Gasteiger partial charge in [0, 0.05) is 5.92 Å². The molecule has 0 bridgehead atoms. The van der Waals surface area contributed by atoms with E-state index in [0.29, 0.717) is 12.5 Å². The summed E-state index contributed by atoms with van der Waals surface area (Å²) in [5.41, 5.74) is 2.10. The molecule has 1 heterocycles. The van der Waals surface area contributed by atoms with Crippen molar-refractivity contribution in [1.29, 1.82) is 0 Å². The molecule has 1 aliphatic carbocycles. The third kappa shape index (κ3) is 1.90. The molecule has 2 heteroatoms. The van der Waals surface area contributed by atoms with Crippen LogP contribution in [0.3, 0.4) is 0 Å². The van der Waals surface area contributed by atoms with E-state index < -0.39 is 5.41 Å². The zero-order chi connectivity index (χ0) is 14.4. The van der Waals surface area contributed by atoms with Crippen molar-refractivity contribution in [2.45, 2.75) is 19.8 Å². The number of hydrogen-bond donors (Lipinski definition) is 0. The Morgan fingerprint density at radius 1 is 1.19 bits per heavy atom. The Balaban J connectivity index is 1.74. The topological polar surface area (TPSA) is 26.3 Å². The molecule has 2 aromatic rings. The van der Waals surface area contributed by atoms with Crippen LogP contribution in [0.4, 0.5) is 0 Å². The second kappa shape index (κ2) is 4.45. The number of hydrogen-bond acceptors (Lipinski definition) is 2. The smallest absolute Gasteiger partial charge is 0.316 e. The highest BCUT2D eigenvalue weighted by atomic mass is 16.5. The van der Waals surface area contributed by atoms with E-state index in [1.807, 2.05) is 6.07 Å². The normalized spacial score (nSPS) is 27.6. The summed E-state index contributed by atoms with van der Waals surface area (Å²) in [5, 5.41) is 2.47. The van der Waals surface area contributed by atoms with Crippen molar-refractivity contribution in [3.05, 3.63) is 59.7 Å². The molecule has 21 heavy (non-hydrogen) atoms. The zero-order valence-corrected chi connectivity index (χ0v) is 12.1. The molecule has 1 saturated heterocycles. The molecule has 2 unspecified atom stereocenters. The Kier molecular flexibility index (Phi) is 2.68. The second-order valence-electron chi connectivity index (χ2n) is 6.39. The summed E-state index contributed by atoms with van der Waals surface area (Å²) in [6.07, 6.45) is 3.89. The maximum absolute atomic E-state index is 12.3. The number of ether oxygens (including phenoxy) is 1. The van der Waals surface area contributed by atoms with E-state index >= 15 is 0 Å². The van der Waals surface area contributed by atoms with Crippen molar-refractivity contribution in [3.8, 4) is 0 Å². The lowest BCUT2D eigenvalue weighted by Gasteiger charge is -2.23. The summed E-state index contributed by atoms with van der Waals surface area (Å²) < 4.78 is 5.35. The van der Waals surface area contributed by atoms with Gasteiger partial charge in [0.25, 0.3) is 0 Å². The fourth-order valence-electron chi connectivity index (χ4n) is 3.89. The standard InChI is InChI=1S/C19H18O2/c1-13-8-17-12-21-18(20)19(17,10-13)11-14-6-7-15-4-2-3-5-16(15)9-14/h2-7,9-10,17H,8,11-12H2,1H3. The van der Waals surface area contributed by atoms with Gasteiger partial charge in [-0.25, -0.2) is 0 Å². The average molecular weight is 278 g/mol. The molecule has 2 nitrogen and oxygen atoms in total. The number of carbonyl (C=O) groups is 1. The Bertz CT molecular complexity index is 759. The molecule has 2 aliphatic rings. The van der Waals surface area contributed by atoms with Crippen LogP contribution in [-0.2, 0) is 16.0 Å². The summed E-state index contributed by atoms with van der Waals surface area (Å²) in [5.74, 6) is 0.272. The first kappa shape index (κ1) is 12.6. The van der Waals surface area contributed by atoms with Gasteiger partial charge in [0.1, 0.15) is 0 Å². The van der Waals surface area contributed by atoms with Crippen LogP contribution in [0, 0.1) is 11.3 Å². The third-order valence-corrected chi connectivity index (χ3v) is 4.91. The molecule has 0 aromatic heterocycles. The van der Waals surface area contributed by atoms with Crippen LogP contribution in [0.2, 0.25) is 0 Å². The lowest BCUT2D eigenvalue weighted by molar-refractivity contribution is -0.144. The van der Waals surface area contributed by atoms with Crippen molar-refractivity contribution in [3.63, 3.8) is 0 Å². The van der Waals surface area contributed by atoms with Gasteiger partial charge >= 0.3 is 5.97 Å². The van der Waals surface area contributed by atoms with Gasteiger partial charge in [0.15, 0.2) is 0 Å². The van der Waals surface area contributed by atoms with Gasteiger partial charge in [0.2, 0.25) is 0 Å². The number of carbonyl (C=O) groups excluding carboxylic acids is 1. The van der Waals surface area contributed by atoms with Gasteiger partial charge in [-0.3, -0.25) is 4.79 Å². The lowest BCUT2D eigenvalue weighted by atomic mass is 9.75. The maximum atomic E-state index is 12.3. The molecule has 2 aromatic carbocycles. The first-order valence-corrected chi connectivity index (χ1v) is 7.51. The molecule has 4 rings (SSSR count). The minimum absolute atomic E-state index is 0.0440.